The number of benzene rings is 1. The number of ether oxygens (including phenoxy) is 1. The van der Waals surface area contributed by atoms with Crippen molar-refractivity contribution in [2.24, 2.45) is 0 Å². The van der Waals surface area contributed by atoms with Crippen LogP contribution in [-0.2, 0) is 0 Å². The van der Waals surface area contributed by atoms with Crippen molar-refractivity contribution in [1.29, 1.82) is 5.26 Å². The summed E-state index contributed by atoms with van der Waals surface area (Å²) in [6.45, 7) is 0. The maximum atomic E-state index is 8.91. The Morgan fingerprint density at radius 3 is 2.88 bits per heavy atom. The molecule has 0 N–H and O–H groups in total. The largest absolute Gasteiger partial charge is 0.497 e. The van der Waals surface area contributed by atoms with Gasteiger partial charge >= 0.3 is 0 Å². The molecule has 2 rings (SSSR count). The van der Waals surface area contributed by atoms with Crippen molar-refractivity contribution < 1.29 is 4.74 Å². The van der Waals surface area contributed by atoms with E-state index < -0.39 is 0 Å². The standard InChI is InChI=1S/C12H9N3OS/c1-16-9-3-2-4-10(7-9)17-12-11(8-13)14-5-6-15-12/h2-7H,1H3. The minimum atomic E-state index is 0.334. The van der Waals surface area contributed by atoms with Gasteiger partial charge in [-0.25, -0.2) is 9.97 Å². The molecule has 0 saturated heterocycles. The molecule has 0 aliphatic carbocycles. The summed E-state index contributed by atoms with van der Waals surface area (Å²) < 4.78 is 5.13. The molecule has 0 bridgehead atoms. The average Bonchev–Trinajstić information content (AvgIpc) is 2.39. The van der Waals surface area contributed by atoms with Crippen molar-refractivity contribution in [3.8, 4) is 11.8 Å². The van der Waals surface area contributed by atoms with Crippen LogP contribution in [-0.4, -0.2) is 17.1 Å². The Balaban J connectivity index is 2.28. The number of aromatic nitrogens is 2. The number of methoxy groups -OCH3 is 1. The molecule has 0 fully saturated rings. The second-order valence-corrected chi connectivity index (χ2v) is 4.17. The van der Waals surface area contributed by atoms with Gasteiger partial charge in [0.15, 0.2) is 5.69 Å². The van der Waals surface area contributed by atoms with Crippen LogP contribution in [0.15, 0.2) is 46.6 Å². The van der Waals surface area contributed by atoms with Crippen molar-refractivity contribution in [2.45, 2.75) is 9.92 Å². The first-order valence-corrected chi connectivity index (χ1v) is 5.68. The summed E-state index contributed by atoms with van der Waals surface area (Å²) in [5, 5.41) is 9.51. The van der Waals surface area contributed by atoms with Crippen molar-refractivity contribution in [3.05, 3.63) is 42.4 Å². The zero-order valence-electron chi connectivity index (χ0n) is 9.12. The van der Waals surface area contributed by atoms with E-state index in [1.54, 1.807) is 13.3 Å². The predicted octanol–water partition coefficient (Wildman–Crippen LogP) is 2.51. The molecule has 0 atom stereocenters. The topological polar surface area (TPSA) is 58.8 Å². The lowest BCUT2D eigenvalue weighted by Gasteiger charge is -2.04. The Hall–Kier alpha value is -2.06. The second kappa shape index (κ2) is 5.32. The average molecular weight is 243 g/mol. The van der Waals surface area contributed by atoms with Crippen LogP contribution < -0.4 is 4.74 Å². The number of hydrogen-bond donors (Lipinski definition) is 0. The molecule has 0 spiro atoms. The highest BCUT2D eigenvalue weighted by atomic mass is 32.2. The third-order valence-electron chi connectivity index (χ3n) is 2.03. The molecule has 17 heavy (non-hydrogen) atoms. The van der Waals surface area contributed by atoms with Crippen LogP contribution in [0.2, 0.25) is 0 Å². The number of nitrogens with zero attached hydrogens (tertiary/aromatic N) is 3. The first kappa shape index (κ1) is 11.4. The van der Waals surface area contributed by atoms with Crippen molar-refractivity contribution in [2.75, 3.05) is 7.11 Å². The first-order valence-electron chi connectivity index (χ1n) is 4.86. The van der Waals surface area contributed by atoms with E-state index in [-0.39, 0.29) is 0 Å². The molecule has 1 aromatic carbocycles. The molecule has 0 radical (unpaired) electrons. The van der Waals surface area contributed by atoms with Crippen LogP contribution in [0.4, 0.5) is 0 Å². The van der Waals surface area contributed by atoms with Gasteiger partial charge in [-0.05, 0) is 18.2 Å². The lowest BCUT2D eigenvalue weighted by atomic mass is 10.3. The fraction of sp³-hybridized carbons (Fsp3) is 0.0833. The van der Waals surface area contributed by atoms with Gasteiger partial charge in [0, 0.05) is 17.3 Å². The zero-order chi connectivity index (χ0) is 12.1. The van der Waals surface area contributed by atoms with Crippen molar-refractivity contribution in [3.63, 3.8) is 0 Å². The second-order valence-electron chi connectivity index (χ2n) is 3.10. The van der Waals surface area contributed by atoms with Crippen LogP contribution in [0.1, 0.15) is 5.69 Å². The Morgan fingerprint density at radius 2 is 2.12 bits per heavy atom. The predicted molar refractivity (Wildman–Crippen MR) is 63.9 cm³/mol. The lowest BCUT2D eigenvalue weighted by Crippen LogP contribution is -1.89. The molecule has 0 aliphatic rings. The maximum Gasteiger partial charge on any atom is 0.173 e. The summed E-state index contributed by atoms with van der Waals surface area (Å²) in [6.07, 6.45) is 3.08. The number of rotatable bonds is 3. The van der Waals surface area contributed by atoms with Crippen LogP contribution in [0.3, 0.4) is 0 Å². The molecule has 1 heterocycles. The normalized spacial score (nSPS) is 9.65. The van der Waals surface area contributed by atoms with E-state index >= 15 is 0 Å². The third kappa shape index (κ3) is 2.74. The highest BCUT2D eigenvalue weighted by Gasteiger charge is 2.06. The van der Waals surface area contributed by atoms with Crippen LogP contribution in [0.5, 0.6) is 5.75 Å². The molecule has 0 amide bonds. The molecule has 1 aromatic heterocycles. The maximum absolute atomic E-state index is 8.91. The summed E-state index contributed by atoms with van der Waals surface area (Å²) in [4.78, 5) is 9.06. The third-order valence-corrected chi connectivity index (χ3v) is 3.01. The van der Waals surface area contributed by atoms with Crippen molar-refractivity contribution in [1.82, 2.24) is 9.97 Å². The minimum Gasteiger partial charge on any atom is -0.497 e. The molecular weight excluding hydrogens is 234 g/mol. The molecule has 0 saturated carbocycles. The molecule has 0 aliphatic heterocycles. The molecule has 2 aromatic rings. The summed E-state index contributed by atoms with van der Waals surface area (Å²) >= 11 is 1.39. The Kier molecular flexibility index (Phi) is 3.58. The molecule has 84 valence electrons. The van der Waals surface area contributed by atoms with Gasteiger partial charge in [0.2, 0.25) is 0 Å². The summed E-state index contributed by atoms with van der Waals surface area (Å²) in [7, 11) is 1.62. The van der Waals surface area contributed by atoms with Gasteiger partial charge in [-0.15, -0.1) is 0 Å². The highest BCUT2D eigenvalue weighted by Crippen LogP contribution is 2.29. The summed E-state index contributed by atoms with van der Waals surface area (Å²) in [6, 6.07) is 9.60. The highest BCUT2D eigenvalue weighted by molar-refractivity contribution is 7.99. The van der Waals surface area contributed by atoms with Gasteiger partial charge in [-0.1, -0.05) is 17.8 Å². The zero-order valence-corrected chi connectivity index (χ0v) is 9.94. The van der Waals surface area contributed by atoms with E-state index in [2.05, 4.69) is 9.97 Å². The first-order chi connectivity index (χ1) is 8.33. The Labute approximate surface area is 103 Å². The summed E-state index contributed by atoms with van der Waals surface area (Å²) in [5.41, 5.74) is 0.334. The smallest absolute Gasteiger partial charge is 0.173 e. The van der Waals surface area contributed by atoms with E-state index in [9.17, 15) is 0 Å². The van der Waals surface area contributed by atoms with Crippen LogP contribution in [0, 0.1) is 11.3 Å². The van der Waals surface area contributed by atoms with E-state index in [1.807, 2.05) is 30.3 Å². The SMILES string of the molecule is COc1cccc(Sc2nccnc2C#N)c1. The van der Waals surface area contributed by atoms with E-state index in [4.69, 9.17) is 10.00 Å². The Bertz CT molecular complexity index is 566. The van der Waals surface area contributed by atoms with Gasteiger partial charge in [-0.3, -0.25) is 0 Å². The van der Waals surface area contributed by atoms with Crippen LogP contribution >= 0.6 is 11.8 Å². The van der Waals surface area contributed by atoms with E-state index in [1.165, 1.54) is 18.0 Å². The van der Waals surface area contributed by atoms with Gasteiger partial charge in [-0.2, -0.15) is 5.26 Å². The monoisotopic (exact) mass is 243 g/mol. The fourth-order valence-electron chi connectivity index (χ4n) is 1.25. The van der Waals surface area contributed by atoms with E-state index in [0.717, 1.165) is 10.6 Å². The molecular formula is C12H9N3OS. The Morgan fingerprint density at radius 1 is 1.29 bits per heavy atom. The van der Waals surface area contributed by atoms with Gasteiger partial charge < -0.3 is 4.74 Å². The van der Waals surface area contributed by atoms with Gasteiger partial charge in [0.1, 0.15) is 16.8 Å². The summed E-state index contributed by atoms with van der Waals surface area (Å²) in [5.74, 6) is 0.775. The number of nitriles is 1. The molecule has 4 nitrogen and oxygen atoms in total. The van der Waals surface area contributed by atoms with Crippen LogP contribution in [0.25, 0.3) is 0 Å². The number of hydrogen-bond acceptors (Lipinski definition) is 5. The fourth-order valence-corrected chi connectivity index (χ4v) is 2.11. The van der Waals surface area contributed by atoms with Crippen molar-refractivity contribution >= 4 is 11.8 Å². The quantitative estimate of drug-likeness (QED) is 0.829. The molecule has 0 unspecified atom stereocenters. The minimum absolute atomic E-state index is 0.334. The van der Waals surface area contributed by atoms with Gasteiger partial charge in [0.05, 0.1) is 7.11 Å². The molecule has 5 heteroatoms. The van der Waals surface area contributed by atoms with E-state index in [0.29, 0.717) is 10.7 Å². The van der Waals surface area contributed by atoms with Gasteiger partial charge in [0.25, 0.3) is 0 Å². The lowest BCUT2D eigenvalue weighted by molar-refractivity contribution is 0.413.